The van der Waals surface area contributed by atoms with Gasteiger partial charge in [0.1, 0.15) is 6.04 Å². The number of hydrogen-bond donors (Lipinski definition) is 5. The van der Waals surface area contributed by atoms with Gasteiger partial charge in [0.25, 0.3) is 0 Å². The van der Waals surface area contributed by atoms with Crippen LogP contribution in [0.2, 0.25) is 0 Å². The zero-order valence-electron chi connectivity index (χ0n) is 10.0. The lowest BCUT2D eigenvalue weighted by Crippen LogP contribution is -2.30. The molecule has 0 heterocycles. The van der Waals surface area contributed by atoms with Gasteiger partial charge in [0.15, 0.2) is 5.96 Å². The van der Waals surface area contributed by atoms with Crippen LogP contribution in [0.25, 0.3) is 0 Å². The number of carbonyl (C=O) groups is 1. The maximum atomic E-state index is 10.6. The van der Waals surface area contributed by atoms with Crippen LogP contribution in [-0.4, -0.2) is 23.1 Å². The van der Waals surface area contributed by atoms with Crippen LogP contribution in [0.15, 0.2) is 24.3 Å². The largest absolute Gasteiger partial charge is 0.480 e. The monoisotopic (exact) mass is 250 g/mol. The molecule has 0 amide bonds. The van der Waals surface area contributed by atoms with Gasteiger partial charge in [-0.05, 0) is 24.0 Å². The molecule has 1 aromatic carbocycles. The second-order valence-corrected chi connectivity index (χ2v) is 4.07. The Morgan fingerprint density at radius 1 is 1.33 bits per heavy atom. The topological polar surface area (TPSA) is 125 Å². The summed E-state index contributed by atoms with van der Waals surface area (Å²) in [5.41, 5.74) is 12.7. The van der Waals surface area contributed by atoms with Crippen molar-refractivity contribution in [1.82, 2.24) is 5.32 Å². The van der Waals surface area contributed by atoms with Crippen LogP contribution in [0.5, 0.6) is 0 Å². The molecule has 0 unspecified atom stereocenters. The molecule has 0 spiro atoms. The van der Waals surface area contributed by atoms with Crippen molar-refractivity contribution < 1.29 is 9.90 Å². The third-order valence-corrected chi connectivity index (χ3v) is 2.57. The van der Waals surface area contributed by atoms with Gasteiger partial charge < -0.3 is 21.9 Å². The molecule has 1 rings (SSSR count). The van der Waals surface area contributed by atoms with E-state index in [1.807, 2.05) is 24.3 Å². The summed E-state index contributed by atoms with van der Waals surface area (Å²) in [6.45, 7) is 0.504. The predicted molar refractivity (Wildman–Crippen MR) is 69.1 cm³/mol. The van der Waals surface area contributed by atoms with Crippen molar-refractivity contribution in [3.63, 3.8) is 0 Å². The number of carboxylic acids is 1. The average Bonchev–Trinajstić information content (AvgIpc) is 2.34. The van der Waals surface area contributed by atoms with Gasteiger partial charge in [-0.15, -0.1) is 0 Å². The fraction of sp³-hybridized carbons (Fsp3) is 0.333. The second kappa shape index (κ2) is 6.61. The lowest BCUT2D eigenvalue weighted by Gasteiger charge is -2.07. The molecule has 6 nitrogen and oxygen atoms in total. The lowest BCUT2D eigenvalue weighted by atomic mass is 10.0. The second-order valence-electron chi connectivity index (χ2n) is 4.07. The number of nitrogens with two attached hydrogens (primary N) is 2. The van der Waals surface area contributed by atoms with Gasteiger partial charge in [0, 0.05) is 6.54 Å². The molecular formula is C12H18N4O2. The number of nitrogens with one attached hydrogen (secondary N) is 2. The Kier molecular flexibility index (Phi) is 5.13. The van der Waals surface area contributed by atoms with E-state index in [1.165, 1.54) is 0 Å². The number of guanidine groups is 1. The molecule has 0 aliphatic heterocycles. The van der Waals surface area contributed by atoms with E-state index in [9.17, 15) is 4.79 Å². The summed E-state index contributed by atoms with van der Waals surface area (Å²) in [6.07, 6.45) is 1.05. The summed E-state index contributed by atoms with van der Waals surface area (Å²) in [6, 6.07) is 6.86. The van der Waals surface area contributed by atoms with E-state index < -0.39 is 12.0 Å². The van der Waals surface area contributed by atoms with Crippen molar-refractivity contribution in [3.8, 4) is 0 Å². The van der Waals surface area contributed by atoms with Crippen molar-refractivity contribution in [1.29, 1.82) is 5.41 Å². The van der Waals surface area contributed by atoms with E-state index in [2.05, 4.69) is 5.32 Å². The molecule has 18 heavy (non-hydrogen) atoms. The van der Waals surface area contributed by atoms with Crippen molar-refractivity contribution in [3.05, 3.63) is 35.4 Å². The molecule has 0 saturated carbocycles. The molecular weight excluding hydrogens is 232 g/mol. The summed E-state index contributed by atoms with van der Waals surface area (Å²) in [5.74, 6) is -1.04. The van der Waals surface area contributed by atoms with E-state index in [1.54, 1.807) is 0 Å². The first-order chi connectivity index (χ1) is 8.49. The van der Waals surface area contributed by atoms with Gasteiger partial charge >= 0.3 is 5.97 Å². The minimum Gasteiger partial charge on any atom is -0.480 e. The summed E-state index contributed by atoms with van der Waals surface area (Å²) in [4.78, 5) is 10.6. The SMILES string of the molecule is N=C(N)NCc1ccc(CC[C@H](N)C(=O)O)cc1. The Labute approximate surface area is 105 Å². The molecule has 0 aliphatic rings. The zero-order chi connectivity index (χ0) is 13.5. The van der Waals surface area contributed by atoms with Gasteiger partial charge in [-0.2, -0.15) is 0 Å². The Morgan fingerprint density at radius 3 is 2.39 bits per heavy atom. The summed E-state index contributed by atoms with van der Waals surface area (Å²) < 4.78 is 0. The van der Waals surface area contributed by atoms with Crippen LogP contribution in [0, 0.1) is 5.41 Å². The molecule has 1 aromatic rings. The number of aryl methyl sites for hydroxylation is 1. The smallest absolute Gasteiger partial charge is 0.320 e. The molecule has 0 aliphatic carbocycles. The fourth-order valence-corrected chi connectivity index (χ4v) is 1.47. The molecule has 7 N–H and O–H groups in total. The first-order valence-corrected chi connectivity index (χ1v) is 5.63. The Bertz CT molecular complexity index is 417. The average molecular weight is 250 g/mol. The normalized spacial score (nSPS) is 11.8. The van der Waals surface area contributed by atoms with Gasteiger partial charge in [-0.3, -0.25) is 10.2 Å². The molecule has 0 fully saturated rings. The zero-order valence-corrected chi connectivity index (χ0v) is 10.0. The van der Waals surface area contributed by atoms with Gasteiger partial charge in [0.05, 0.1) is 0 Å². The van der Waals surface area contributed by atoms with E-state index in [0.717, 1.165) is 11.1 Å². The molecule has 0 aromatic heterocycles. The predicted octanol–water partition coefficient (Wildman–Crippen LogP) is 0.0142. The Hall–Kier alpha value is -2.08. The highest BCUT2D eigenvalue weighted by molar-refractivity contribution is 5.74. The van der Waals surface area contributed by atoms with Crippen LogP contribution in [-0.2, 0) is 17.8 Å². The number of hydrogen-bond acceptors (Lipinski definition) is 3. The third kappa shape index (κ3) is 4.84. The number of rotatable bonds is 6. The molecule has 98 valence electrons. The first-order valence-electron chi connectivity index (χ1n) is 5.63. The molecule has 1 atom stereocenters. The summed E-state index contributed by atoms with van der Waals surface area (Å²) in [7, 11) is 0. The minimum absolute atomic E-state index is 0.0634. The van der Waals surface area contributed by atoms with Crippen molar-refractivity contribution >= 4 is 11.9 Å². The van der Waals surface area contributed by atoms with E-state index in [0.29, 0.717) is 19.4 Å². The number of aliphatic carboxylic acids is 1. The standard InChI is InChI=1S/C12H18N4O2/c13-10(11(17)18)6-5-8-1-3-9(4-2-8)7-16-12(14)15/h1-4,10H,5-7,13H2,(H,17,18)(H4,14,15,16)/t10-/m0/s1. The van der Waals surface area contributed by atoms with Gasteiger partial charge in [-0.1, -0.05) is 24.3 Å². The molecule has 0 saturated heterocycles. The van der Waals surface area contributed by atoms with Crippen molar-refractivity contribution in [2.45, 2.75) is 25.4 Å². The van der Waals surface area contributed by atoms with Crippen LogP contribution in [0.1, 0.15) is 17.5 Å². The van der Waals surface area contributed by atoms with Gasteiger partial charge in [0.2, 0.25) is 0 Å². The van der Waals surface area contributed by atoms with E-state index in [4.69, 9.17) is 22.0 Å². The molecule has 0 bridgehead atoms. The Balaban J connectivity index is 2.45. The van der Waals surface area contributed by atoms with Crippen molar-refractivity contribution in [2.24, 2.45) is 11.5 Å². The first kappa shape index (κ1) is 14.0. The molecule has 0 radical (unpaired) electrons. The maximum absolute atomic E-state index is 10.6. The van der Waals surface area contributed by atoms with E-state index in [-0.39, 0.29) is 5.96 Å². The highest BCUT2D eigenvalue weighted by Crippen LogP contribution is 2.07. The third-order valence-electron chi connectivity index (χ3n) is 2.57. The molecule has 6 heteroatoms. The van der Waals surface area contributed by atoms with Crippen LogP contribution in [0.3, 0.4) is 0 Å². The Morgan fingerprint density at radius 2 is 1.89 bits per heavy atom. The number of carboxylic acid groups (broad SMARTS) is 1. The highest BCUT2D eigenvalue weighted by Gasteiger charge is 2.10. The lowest BCUT2D eigenvalue weighted by molar-refractivity contribution is -0.138. The number of benzene rings is 1. The maximum Gasteiger partial charge on any atom is 0.320 e. The van der Waals surface area contributed by atoms with Crippen molar-refractivity contribution in [2.75, 3.05) is 0 Å². The highest BCUT2D eigenvalue weighted by atomic mass is 16.4. The summed E-state index contributed by atoms with van der Waals surface area (Å²) >= 11 is 0. The van der Waals surface area contributed by atoms with Gasteiger partial charge in [-0.25, -0.2) is 0 Å². The fourth-order valence-electron chi connectivity index (χ4n) is 1.47. The summed E-state index contributed by atoms with van der Waals surface area (Å²) in [5, 5.41) is 18.4. The minimum atomic E-state index is -0.975. The van der Waals surface area contributed by atoms with E-state index >= 15 is 0 Å². The van der Waals surface area contributed by atoms with Crippen LogP contribution >= 0.6 is 0 Å². The van der Waals surface area contributed by atoms with Crippen LogP contribution < -0.4 is 16.8 Å². The quantitative estimate of drug-likeness (QED) is 0.359. The van der Waals surface area contributed by atoms with Crippen LogP contribution in [0.4, 0.5) is 0 Å².